The standard InChI is InChI=1S/C26H20F2N2O4/c27-21-14-22(28)26(34-23-10-2-1-6-19(23)13-24(31)32)30-25(21)33-20-9-4-8-18(12-20)17-7-3-5-16(11-17)15-29/h1-12,14H,13,15,29H2,(H,31,32). The normalized spacial score (nSPS) is 10.7. The van der Waals surface area contributed by atoms with Gasteiger partial charge in [0.1, 0.15) is 11.5 Å². The van der Waals surface area contributed by atoms with Gasteiger partial charge in [0, 0.05) is 18.2 Å². The van der Waals surface area contributed by atoms with Crippen LogP contribution in [-0.2, 0) is 17.8 Å². The zero-order valence-electron chi connectivity index (χ0n) is 17.9. The van der Waals surface area contributed by atoms with Crippen LogP contribution in [0.1, 0.15) is 11.1 Å². The summed E-state index contributed by atoms with van der Waals surface area (Å²) in [5, 5.41) is 9.07. The van der Waals surface area contributed by atoms with Gasteiger partial charge in [-0.05, 0) is 41.0 Å². The van der Waals surface area contributed by atoms with E-state index in [1.165, 1.54) is 12.1 Å². The number of halogens is 2. The van der Waals surface area contributed by atoms with E-state index in [-0.39, 0.29) is 17.9 Å². The average molecular weight is 462 g/mol. The molecular formula is C26H20F2N2O4. The zero-order chi connectivity index (χ0) is 24.1. The molecule has 3 N–H and O–H groups in total. The van der Waals surface area contributed by atoms with E-state index in [0.717, 1.165) is 16.7 Å². The molecule has 0 bridgehead atoms. The molecule has 0 aliphatic heterocycles. The van der Waals surface area contributed by atoms with E-state index in [0.29, 0.717) is 18.2 Å². The number of carbonyl (C=O) groups is 1. The smallest absolute Gasteiger partial charge is 0.307 e. The topological polar surface area (TPSA) is 94.7 Å². The molecule has 0 unspecified atom stereocenters. The van der Waals surface area contributed by atoms with Crippen molar-refractivity contribution in [3.63, 3.8) is 0 Å². The van der Waals surface area contributed by atoms with Crippen molar-refractivity contribution in [2.24, 2.45) is 5.73 Å². The molecule has 0 spiro atoms. The molecule has 0 saturated heterocycles. The van der Waals surface area contributed by atoms with Gasteiger partial charge in [-0.15, -0.1) is 0 Å². The molecule has 4 rings (SSSR count). The molecule has 3 aromatic carbocycles. The van der Waals surface area contributed by atoms with Crippen molar-refractivity contribution in [3.8, 4) is 34.4 Å². The predicted octanol–water partition coefficient (Wildman–Crippen LogP) is 5.70. The Morgan fingerprint density at radius 1 is 0.853 bits per heavy atom. The maximum Gasteiger partial charge on any atom is 0.307 e. The Morgan fingerprint density at radius 3 is 2.26 bits per heavy atom. The Labute approximate surface area is 194 Å². The van der Waals surface area contributed by atoms with Crippen LogP contribution < -0.4 is 15.2 Å². The molecule has 0 atom stereocenters. The highest BCUT2D eigenvalue weighted by Crippen LogP contribution is 2.32. The number of aliphatic carboxylic acids is 1. The number of rotatable bonds is 8. The maximum atomic E-state index is 14.5. The Kier molecular flexibility index (Phi) is 6.79. The minimum atomic E-state index is -1.08. The number of hydrogen-bond acceptors (Lipinski definition) is 5. The summed E-state index contributed by atoms with van der Waals surface area (Å²) in [4.78, 5) is 14.9. The summed E-state index contributed by atoms with van der Waals surface area (Å²) in [5.41, 5.74) is 8.70. The van der Waals surface area contributed by atoms with Crippen molar-refractivity contribution in [1.29, 1.82) is 0 Å². The highest BCUT2D eigenvalue weighted by Gasteiger charge is 2.18. The van der Waals surface area contributed by atoms with Crippen LogP contribution in [0.2, 0.25) is 0 Å². The van der Waals surface area contributed by atoms with Gasteiger partial charge in [-0.25, -0.2) is 8.78 Å². The first-order valence-corrected chi connectivity index (χ1v) is 10.3. The lowest BCUT2D eigenvalue weighted by Crippen LogP contribution is -2.03. The first-order valence-electron chi connectivity index (χ1n) is 10.3. The Balaban J connectivity index is 1.62. The molecule has 0 saturated carbocycles. The summed E-state index contributed by atoms with van der Waals surface area (Å²) in [6, 6.07) is 21.4. The second-order valence-electron chi connectivity index (χ2n) is 7.38. The highest BCUT2D eigenvalue weighted by molar-refractivity contribution is 5.71. The number of carboxylic acid groups (broad SMARTS) is 1. The van der Waals surface area contributed by atoms with E-state index in [9.17, 15) is 13.6 Å². The average Bonchev–Trinajstić information content (AvgIpc) is 2.83. The van der Waals surface area contributed by atoms with Crippen molar-refractivity contribution in [1.82, 2.24) is 4.98 Å². The van der Waals surface area contributed by atoms with Crippen LogP contribution in [0.5, 0.6) is 23.3 Å². The Morgan fingerprint density at radius 2 is 1.53 bits per heavy atom. The van der Waals surface area contributed by atoms with Gasteiger partial charge in [0.05, 0.1) is 6.42 Å². The number of carboxylic acids is 1. The molecule has 4 aromatic rings. The van der Waals surface area contributed by atoms with Crippen molar-refractivity contribution >= 4 is 5.97 Å². The summed E-state index contributed by atoms with van der Waals surface area (Å²) in [6.07, 6.45) is -0.333. The molecule has 0 radical (unpaired) electrons. The van der Waals surface area contributed by atoms with Gasteiger partial charge in [0.15, 0.2) is 11.6 Å². The monoisotopic (exact) mass is 462 g/mol. The van der Waals surface area contributed by atoms with E-state index < -0.39 is 29.4 Å². The van der Waals surface area contributed by atoms with Gasteiger partial charge in [0.2, 0.25) is 0 Å². The number of para-hydroxylation sites is 1. The number of pyridine rings is 1. The SMILES string of the molecule is NCc1cccc(-c2cccc(Oc3nc(Oc4ccccc4CC(=O)O)c(F)cc3F)c2)c1. The minimum absolute atomic E-state index is 0.0932. The fourth-order valence-corrected chi connectivity index (χ4v) is 3.32. The van der Waals surface area contributed by atoms with Gasteiger partial charge in [-0.2, -0.15) is 4.98 Å². The van der Waals surface area contributed by atoms with Crippen LogP contribution in [-0.4, -0.2) is 16.1 Å². The molecule has 6 nitrogen and oxygen atoms in total. The first kappa shape index (κ1) is 22.9. The van der Waals surface area contributed by atoms with Gasteiger partial charge in [0.25, 0.3) is 11.8 Å². The number of nitrogens with zero attached hydrogens (tertiary/aromatic N) is 1. The molecule has 1 aromatic heterocycles. The lowest BCUT2D eigenvalue weighted by molar-refractivity contribution is -0.136. The lowest BCUT2D eigenvalue weighted by Gasteiger charge is -2.12. The summed E-state index contributed by atoms with van der Waals surface area (Å²) in [7, 11) is 0. The highest BCUT2D eigenvalue weighted by atomic mass is 19.1. The van der Waals surface area contributed by atoms with Crippen LogP contribution in [0.25, 0.3) is 11.1 Å². The lowest BCUT2D eigenvalue weighted by atomic mass is 10.0. The molecule has 172 valence electrons. The number of ether oxygens (including phenoxy) is 2. The van der Waals surface area contributed by atoms with Crippen molar-refractivity contribution in [3.05, 3.63) is 102 Å². The van der Waals surface area contributed by atoms with Crippen LogP contribution in [0.3, 0.4) is 0 Å². The largest absolute Gasteiger partial charge is 0.481 e. The third-order valence-corrected chi connectivity index (χ3v) is 4.93. The summed E-state index contributed by atoms with van der Waals surface area (Å²) >= 11 is 0. The number of nitrogens with two attached hydrogens (primary N) is 1. The third kappa shape index (κ3) is 5.36. The maximum absolute atomic E-state index is 14.5. The van der Waals surface area contributed by atoms with Crippen LogP contribution >= 0.6 is 0 Å². The number of aromatic nitrogens is 1. The van der Waals surface area contributed by atoms with E-state index in [2.05, 4.69) is 4.98 Å². The molecular weight excluding hydrogens is 442 g/mol. The molecule has 0 aliphatic rings. The van der Waals surface area contributed by atoms with Gasteiger partial charge < -0.3 is 20.3 Å². The van der Waals surface area contributed by atoms with Crippen molar-refractivity contribution in [2.75, 3.05) is 0 Å². The van der Waals surface area contributed by atoms with E-state index in [1.54, 1.807) is 30.3 Å². The number of hydrogen-bond donors (Lipinski definition) is 2. The van der Waals surface area contributed by atoms with E-state index in [1.807, 2.05) is 30.3 Å². The molecule has 0 amide bonds. The van der Waals surface area contributed by atoms with E-state index in [4.69, 9.17) is 20.3 Å². The first-order chi connectivity index (χ1) is 16.4. The summed E-state index contributed by atoms with van der Waals surface area (Å²) < 4.78 is 39.9. The predicted molar refractivity (Wildman–Crippen MR) is 122 cm³/mol. The van der Waals surface area contributed by atoms with Gasteiger partial charge in [-0.1, -0.05) is 48.5 Å². The molecule has 8 heteroatoms. The fourth-order valence-electron chi connectivity index (χ4n) is 3.32. The summed E-state index contributed by atoms with van der Waals surface area (Å²) in [5.74, 6) is -3.80. The molecule has 0 fully saturated rings. The fraction of sp³-hybridized carbons (Fsp3) is 0.0769. The van der Waals surface area contributed by atoms with Crippen molar-refractivity contribution in [2.45, 2.75) is 13.0 Å². The van der Waals surface area contributed by atoms with Gasteiger partial charge >= 0.3 is 5.97 Å². The van der Waals surface area contributed by atoms with Crippen LogP contribution in [0, 0.1) is 11.6 Å². The Hall–Kier alpha value is -4.30. The molecule has 34 heavy (non-hydrogen) atoms. The van der Waals surface area contributed by atoms with Crippen LogP contribution in [0.15, 0.2) is 78.9 Å². The van der Waals surface area contributed by atoms with E-state index >= 15 is 0 Å². The quantitative estimate of drug-likeness (QED) is 0.349. The van der Waals surface area contributed by atoms with Crippen LogP contribution in [0.4, 0.5) is 8.78 Å². The second-order valence-corrected chi connectivity index (χ2v) is 7.38. The second kappa shape index (κ2) is 10.1. The van der Waals surface area contributed by atoms with Gasteiger partial charge in [-0.3, -0.25) is 4.79 Å². The third-order valence-electron chi connectivity index (χ3n) is 4.93. The zero-order valence-corrected chi connectivity index (χ0v) is 17.9. The minimum Gasteiger partial charge on any atom is -0.481 e. The Bertz CT molecular complexity index is 1340. The summed E-state index contributed by atoms with van der Waals surface area (Å²) in [6.45, 7) is 0.396. The number of benzene rings is 3. The molecule has 1 heterocycles. The molecule has 0 aliphatic carbocycles. The van der Waals surface area contributed by atoms with Crippen molar-refractivity contribution < 1.29 is 28.2 Å².